The van der Waals surface area contributed by atoms with Crippen molar-refractivity contribution in [2.45, 2.75) is 82.6 Å². The third kappa shape index (κ3) is 2.39. The SMILES string of the molecule is C[C@@H]1CC2(CCCC2)N2C(=O)[C@@]3(C(C#N)=C(N)OC4=C3C(=O)CC(C)(C)C4)c3cc(F)cc1c32. The molecular weight excluding hydrogens is 433 g/mol. The van der Waals surface area contributed by atoms with Crippen molar-refractivity contribution < 1.29 is 18.7 Å². The van der Waals surface area contributed by atoms with Gasteiger partial charge >= 0.3 is 0 Å². The normalized spacial score (nSPS) is 30.6. The van der Waals surface area contributed by atoms with E-state index in [0.29, 0.717) is 23.4 Å². The van der Waals surface area contributed by atoms with Crippen LogP contribution in [0, 0.1) is 22.6 Å². The molecule has 6 nitrogen and oxygen atoms in total. The van der Waals surface area contributed by atoms with Gasteiger partial charge in [0, 0.05) is 23.9 Å². The van der Waals surface area contributed by atoms with Gasteiger partial charge < -0.3 is 15.4 Å². The number of anilines is 1. The summed E-state index contributed by atoms with van der Waals surface area (Å²) in [5.41, 5.74) is 5.60. The highest BCUT2D eigenvalue weighted by molar-refractivity contribution is 6.21. The minimum atomic E-state index is -1.76. The van der Waals surface area contributed by atoms with Gasteiger partial charge in [0.05, 0.1) is 11.3 Å². The van der Waals surface area contributed by atoms with Gasteiger partial charge in [-0.2, -0.15) is 5.26 Å². The van der Waals surface area contributed by atoms with Crippen molar-refractivity contribution in [2.24, 2.45) is 11.1 Å². The van der Waals surface area contributed by atoms with Crippen LogP contribution in [-0.2, 0) is 19.7 Å². The summed E-state index contributed by atoms with van der Waals surface area (Å²) < 4.78 is 21.0. The van der Waals surface area contributed by atoms with E-state index < -0.39 is 16.8 Å². The second kappa shape index (κ2) is 6.50. The first-order valence-electron chi connectivity index (χ1n) is 12.1. The van der Waals surface area contributed by atoms with Crippen molar-refractivity contribution >= 4 is 17.4 Å². The fourth-order valence-electron chi connectivity index (χ4n) is 7.49. The van der Waals surface area contributed by atoms with Gasteiger partial charge in [-0.05, 0) is 48.3 Å². The molecule has 0 saturated heterocycles. The number of Topliss-reactive ketones (excluding diaryl/α,β-unsaturated/α-hetero) is 1. The quantitative estimate of drug-likeness (QED) is 0.609. The predicted octanol–water partition coefficient (Wildman–Crippen LogP) is 4.60. The van der Waals surface area contributed by atoms with Crippen molar-refractivity contribution in [3.8, 4) is 6.07 Å². The molecule has 2 spiro atoms. The molecule has 0 radical (unpaired) electrons. The fraction of sp³-hybridized carbons (Fsp3) is 0.519. The Morgan fingerprint density at radius 1 is 1.21 bits per heavy atom. The van der Waals surface area contributed by atoms with Crippen LogP contribution >= 0.6 is 0 Å². The molecule has 3 aliphatic heterocycles. The van der Waals surface area contributed by atoms with Crippen LogP contribution in [0.25, 0.3) is 0 Å². The maximum absolute atomic E-state index is 15.1. The van der Waals surface area contributed by atoms with Gasteiger partial charge in [-0.25, -0.2) is 4.39 Å². The van der Waals surface area contributed by atoms with Gasteiger partial charge in [-0.15, -0.1) is 0 Å². The molecule has 2 atom stereocenters. The number of allylic oxidation sites excluding steroid dienone is 1. The molecule has 7 heteroatoms. The highest BCUT2D eigenvalue weighted by Crippen LogP contribution is 2.63. The number of ketones is 1. The van der Waals surface area contributed by atoms with Gasteiger partial charge in [0.25, 0.3) is 0 Å². The maximum Gasteiger partial charge on any atom is 0.248 e. The Bertz CT molecular complexity index is 1290. The number of carbonyl (C=O) groups is 2. The summed E-state index contributed by atoms with van der Waals surface area (Å²) in [6.07, 6.45) is 5.05. The zero-order chi connectivity index (χ0) is 24.2. The van der Waals surface area contributed by atoms with E-state index in [4.69, 9.17) is 10.5 Å². The summed E-state index contributed by atoms with van der Waals surface area (Å²) in [7, 11) is 0. The lowest BCUT2D eigenvalue weighted by Crippen LogP contribution is -2.57. The van der Waals surface area contributed by atoms with Crippen LogP contribution in [0.15, 0.2) is 34.9 Å². The van der Waals surface area contributed by atoms with Crippen LogP contribution in [0.4, 0.5) is 10.1 Å². The molecule has 2 N–H and O–H groups in total. The standard InChI is InChI=1S/C27H28FN3O3/c1-14-10-26(6-4-5-7-26)31-22-16(14)8-15(28)9-17(22)27(24(31)33)18(13-29)23(30)34-20-12-25(2,3)11-19(32)21(20)27/h8-9,14H,4-7,10-12,30H2,1-3H3/t14-,27-/m1/s1. The number of hydrogen-bond donors (Lipinski definition) is 1. The zero-order valence-electron chi connectivity index (χ0n) is 19.8. The summed E-state index contributed by atoms with van der Waals surface area (Å²) in [6, 6.07) is 4.94. The van der Waals surface area contributed by atoms with Gasteiger partial charge in [0.1, 0.15) is 28.6 Å². The number of nitrogens with two attached hydrogens (primary N) is 1. The number of fused-ring (bicyclic) bond motifs is 3. The molecule has 5 aliphatic rings. The van der Waals surface area contributed by atoms with E-state index >= 15 is 4.39 Å². The molecule has 0 unspecified atom stereocenters. The number of hydrogen-bond acceptors (Lipinski definition) is 5. The molecule has 1 fully saturated rings. The molecule has 176 valence electrons. The van der Waals surface area contributed by atoms with E-state index in [2.05, 4.69) is 13.0 Å². The number of ether oxygens (including phenoxy) is 1. The van der Waals surface area contributed by atoms with Gasteiger partial charge in [-0.3, -0.25) is 9.59 Å². The summed E-state index contributed by atoms with van der Waals surface area (Å²) in [5.74, 6) is -0.880. The molecule has 1 aromatic rings. The number of benzene rings is 1. The summed E-state index contributed by atoms with van der Waals surface area (Å²) in [5, 5.41) is 10.3. The van der Waals surface area contributed by atoms with Crippen LogP contribution < -0.4 is 10.6 Å². The number of carbonyl (C=O) groups excluding carboxylic acids is 2. The first-order chi connectivity index (χ1) is 16.1. The van der Waals surface area contributed by atoms with E-state index in [0.717, 1.165) is 37.7 Å². The summed E-state index contributed by atoms with van der Waals surface area (Å²) >= 11 is 0. The number of amides is 1. The minimum Gasteiger partial charge on any atom is -0.444 e. The number of rotatable bonds is 0. The molecular formula is C27H28FN3O3. The van der Waals surface area contributed by atoms with E-state index in [1.807, 2.05) is 18.7 Å². The van der Waals surface area contributed by atoms with Crippen molar-refractivity contribution in [1.82, 2.24) is 0 Å². The van der Waals surface area contributed by atoms with E-state index in [-0.39, 0.29) is 46.5 Å². The third-order valence-corrected chi connectivity index (χ3v) is 8.66. The summed E-state index contributed by atoms with van der Waals surface area (Å²) in [4.78, 5) is 30.3. The molecule has 34 heavy (non-hydrogen) atoms. The average molecular weight is 462 g/mol. The highest BCUT2D eigenvalue weighted by atomic mass is 19.1. The lowest BCUT2D eigenvalue weighted by atomic mass is 9.62. The molecule has 2 aliphatic carbocycles. The van der Waals surface area contributed by atoms with Crippen LogP contribution in [0.5, 0.6) is 0 Å². The molecule has 3 heterocycles. The number of nitrogens with zero attached hydrogens (tertiary/aromatic N) is 2. The Labute approximate surface area is 198 Å². The average Bonchev–Trinajstić information content (AvgIpc) is 3.28. The molecule has 1 aromatic carbocycles. The smallest absolute Gasteiger partial charge is 0.248 e. The van der Waals surface area contributed by atoms with Crippen LogP contribution in [0.3, 0.4) is 0 Å². The van der Waals surface area contributed by atoms with Crippen molar-refractivity contribution in [3.63, 3.8) is 0 Å². The van der Waals surface area contributed by atoms with Gasteiger partial charge in [-0.1, -0.05) is 33.6 Å². The van der Waals surface area contributed by atoms with Crippen molar-refractivity contribution in [2.75, 3.05) is 4.90 Å². The molecule has 1 saturated carbocycles. The monoisotopic (exact) mass is 461 g/mol. The van der Waals surface area contributed by atoms with E-state index in [1.165, 1.54) is 12.1 Å². The minimum absolute atomic E-state index is 0.0443. The Hall–Kier alpha value is -3.14. The molecule has 6 rings (SSSR count). The Morgan fingerprint density at radius 3 is 2.59 bits per heavy atom. The van der Waals surface area contributed by atoms with Gasteiger partial charge in [0.15, 0.2) is 5.78 Å². The Balaban J connectivity index is 1.74. The van der Waals surface area contributed by atoms with Crippen molar-refractivity contribution in [3.05, 3.63) is 51.9 Å². The third-order valence-electron chi connectivity index (χ3n) is 8.66. The zero-order valence-corrected chi connectivity index (χ0v) is 19.8. The highest BCUT2D eigenvalue weighted by Gasteiger charge is 2.67. The Morgan fingerprint density at radius 2 is 1.91 bits per heavy atom. The number of halogens is 1. The number of nitriles is 1. The first kappa shape index (κ1) is 21.4. The van der Waals surface area contributed by atoms with Crippen LogP contribution in [0.1, 0.15) is 82.8 Å². The topological polar surface area (TPSA) is 96.4 Å². The fourth-order valence-corrected chi connectivity index (χ4v) is 7.49. The second-order valence-corrected chi connectivity index (χ2v) is 11.5. The molecule has 1 amide bonds. The Kier molecular flexibility index (Phi) is 4.09. The molecule has 0 bridgehead atoms. The second-order valence-electron chi connectivity index (χ2n) is 11.5. The first-order valence-corrected chi connectivity index (χ1v) is 12.1. The van der Waals surface area contributed by atoms with Gasteiger partial charge in [0.2, 0.25) is 11.8 Å². The largest absolute Gasteiger partial charge is 0.444 e. The van der Waals surface area contributed by atoms with E-state index in [9.17, 15) is 14.9 Å². The van der Waals surface area contributed by atoms with E-state index in [1.54, 1.807) is 0 Å². The summed E-state index contributed by atoms with van der Waals surface area (Å²) in [6.45, 7) is 5.99. The lowest BCUT2D eigenvalue weighted by molar-refractivity contribution is -0.126. The van der Waals surface area contributed by atoms with Crippen molar-refractivity contribution in [1.29, 1.82) is 5.26 Å². The predicted molar refractivity (Wildman–Crippen MR) is 123 cm³/mol. The maximum atomic E-state index is 15.1. The lowest BCUT2D eigenvalue weighted by Gasteiger charge is -2.47. The molecule has 0 aromatic heterocycles. The van der Waals surface area contributed by atoms with Crippen LogP contribution in [-0.4, -0.2) is 17.2 Å². The van der Waals surface area contributed by atoms with Crippen LogP contribution in [0.2, 0.25) is 0 Å².